The highest BCUT2D eigenvalue weighted by molar-refractivity contribution is 6.06. The Hall–Kier alpha value is -0.940. The monoisotopic (exact) mass is 266 g/mol. The third kappa shape index (κ3) is 2.67. The van der Waals surface area contributed by atoms with E-state index < -0.39 is 0 Å². The Morgan fingerprint density at radius 2 is 2.00 bits per heavy atom. The van der Waals surface area contributed by atoms with E-state index in [0.29, 0.717) is 13.0 Å². The molecule has 3 rings (SSSR count). The van der Waals surface area contributed by atoms with Gasteiger partial charge in [-0.2, -0.15) is 0 Å². The number of ether oxygens (including phenoxy) is 1. The molecule has 0 aromatic rings. The summed E-state index contributed by atoms with van der Waals surface area (Å²) in [5.41, 5.74) is -0.141. The minimum absolute atomic E-state index is 0.00341. The molecule has 3 aliphatic rings. The van der Waals surface area contributed by atoms with E-state index in [0.717, 1.165) is 25.7 Å². The first-order valence-electron chi connectivity index (χ1n) is 7.22. The van der Waals surface area contributed by atoms with Crippen LogP contribution in [0.15, 0.2) is 0 Å². The maximum absolute atomic E-state index is 12.2. The molecule has 0 radical (unpaired) electrons. The zero-order valence-electron chi connectivity index (χ0n) is 11.6. The molecular weight excluding hydrogens is 244 g/mol. The summed E-state index contributed by atoms with van der Waals surface area (Å²) in [6, 6.07) is 0.148. The summed E-state index contributed by atoms with van der Waals surface area (Å²) >= 11 is 0. The van der Waals surface area contributed by atoms with Crippen LogP contribution < -0.4 is 5.32 Å². The molecule has 0 spiro atoms. The summed E-state index contributed by atoms with van der Waals surface area (Å²) in [5, 5.41) is 3.37. The number of likely N-dealkylation sites (tertiary alicyclic amines) is 1. The number of carbonyl (C=O) groups excluding carboxylic acids is 2. The Morgan fingerprint density at radius 3 is 2.63 bits per heavy atom. The van der Waals surface area contributed by atoms with E-state index in [4.69, 9.17) is 4.74 Å². The van der Waals surface area contributed by atoms with Crippen molar-refractivity contribution >= 4 is 11.8 Å². The Balaban J connectivity index is 1.61. The van der Waals surface area contributed by atoms with Crippen molar-refractivity contribution in [3.05, 3.63) is 0 Å². The van der Waals surface area contributed by atoms with Crippen molar-refractivity contribution in [2.45, 2.75) is 69.7 Å². The van der Waals surface area contributed by atoms with Crippen molar-refractivity contribution in [2.24, 2.45) is 0 Å². The highest BCUT2D eigenvalue weighted by Gasteiger charge is 2.46. The van der Waals surface area contributed by atoms with Crippen LogP contribution in [0.4, 0.5) is 0 Å². The molecule has 2 amide bonds. The number of rotatable bonds is 3. The quantitative estimate of drug-likeness (QED) is 0.769. The topological polar surface area (TPSA) is 58.6 Å². The van der Waals surface area contributed by atoms with Gasteiger partial charge in [-0.25, -0.2) is 0 Å². The molecule has 2 heterocycles. The van der Waals surface area contributed by atoms with Crippen LogP contribution in [0.2, 0.25) is 0 Å². The van der Waals surface area contributed by atoms with Crippen LogP contribution in [-0.4, -0.2) is 47.0 Å². The highest BCUT2D eigenvalue weighted by Crippen LogP contribution is 2.32. The fourth-order valence-corrected chi connectivity index (χ4v) is 3.16. The van der Waals surface area contributed by atoms with Gasteiger partial charge in [0, 0.05) is 18.7 Å². The number of nitrogens with one attached hydrogen (secondary N) is 1. The van der Waals surface area contributed by atoms with Gasteiger partial charge in [0.15, 0.2) is 0 Å². The van der Waals surface area contributed by atoms with Gasteiger partial charge in [0.1, 0.15) is 0 Å². The van der Waals surface area contributed by atoms with Crippen molar-refractivity contribution in [2.75, 3.05) is 6.61 Å². The number of hydrogen-bond donors (Lipinski definition) is 1. The molecule has 1 N–H and O–H groups in total. The van der Waals surface area contributed by atoms with Gasteiger partial charge in [0.2, 0.25) is 11.8 Å². The summed E-state index contributed by atoms with van der Waals surface area (Å²) in [4.78, 5) is 25.6. The van der Waals surface area contributed by atoms with Crippen molar-refractivity contribution < 1.29 is 14.3 Å². The Labute approximate surface area is 113 Å². The molecule has 5 nitrogen and oxygen atoms in total. The van der Waals surface area contributed by atoms with Gasteiger partial charge in [-0.3, -0.25) is 14.5 Å². The van der Waals surface area contributed by atoms with Crippen LogP contribution in [0.1, 0.15) is 46.0 Å². The van der Waals surface area contributed by atoms with Crippen LogP contribution in [0, 0.1) is 0 Å². The summed E-state index contributed by atoms with van der Waals surface area (Å²) in [7, 11) is 0. The van der Waals surface area contributed by atoms with Crippen LogP contribution in [0.3, 0.4) is 0 Å². The predicted octanol–water partition coefficient (Wildman–Crippen LogP) is 0.823. The molecule has 0 aromatic carbocycles. The molecule has 0 aromatic heterocycles. The van der Waals surface area contributed by atoms with E-state index in [2.05, 4.69) is 19.2 Å². The smallest absolute Gasteiger partial charge is 0.247 e. The normalized spacial score (nSPS) is 34.9. The zero-order chi connectivity index (χ0) is 13.6. The van der Waals surface area contributed by atoms with Crippen molar-refractivity contribution in [1.29, 1.82) is 0 Å². The van der Waals surface area contributed by atoms with Gasteiger partial charge < -0.3 is 10.1 Å². The second kappa shape index (κ2) is 4.56. The van der Waals surface area contributed by atoms with Crippen LogP contribution in [0.25, 0.3) is 0 Å². The van der Waals surface area contributed by atoms with Gasteiger partial charge in [-0.05, 0) is 39.5 Å². The zero-order valence-corrected chi connectivity index (χ0v) is 11.6. The summed E-state index contributed by atoms with van der Waals surface area (Å²) in [5.74, 6) is -0.0203. The summed E-state index contributed by atoms with van der Waals surface area (Å²) < 4.78 is 5.68. The average Bonchev–Trinajstić information content (AvgIpc) is 3.07. The van der Waals surface area contributed by atoms with Gasteiger partial charge in [0.05, 0.1) is 18.1 Å². The number of carbonyl (C=O) groups is 2. The summed E-state index contributed by atoms with van der Waals surface area (Å²) in [6.45, 7) is 4.85. The first-order chi connectivity index (χ1) is 8.96. The van der Waals surface area contributed by atoms with Crippen molar-refractivity contribution in [3.63, 3.8) is 0 Å². The third-order valence-corrected chi connectivity index (χ3v) is 4.23. The van der Waals surface area contributed by atoms with Crippen molar-refractivity contribution in [1.82, 2.24) is 10.2 Å². The predicted molar refractivity (Wildman–Crippen MR) is 69.5 cm³/mol. The maximum atomic E-state index is 12.2. The molecule has 1 saturated carbocycles. The van der Waals surface area contributed by atoms with Crippen LogP contribution in [0.5, 0.6) is 0 Å². The van der Waals surface area contributed by atoms with Crippen LogP contribution in [-0.2, 0) is 14.3 Å². The van der Waals surface area contributed by atoms with E-state index in [1.165, 1.54) is 4.90 Å². The minimum atomic E-state index is -0.313. The lowest BCUT2D eigenvalue weighted by Crippen LogP contribution is -2.49. The maximum Gasteiger partial charge on any atom is 0.247 e. The number of imide groups is 1. The fourth-order valence-electron chi connectivity index (χ4n) is 3.16. The molecule has 2 atom stereocenters. The standard InChI is InChI=1S/C14H22N2O3/c1-14(2)8-9(5-6-19-14)15-11-7-12(17)16(13(11)18)10-3-4-10/h9-11,15H,3-8H2,1-2H3. The van der Waals surface area contributed by atoms with Crippen LogP contribution >= 0.6 is 0 Å². The second-order valence-electron chi connectivity index (χ2n) is 6.55. The first-order valence-corrected chi connectivity index (χ1v) is 7.22. The van der Waals surface area contributed by atoms with Gasteiger partial charge in [-0.15, -0.1) is 0 Å². The minimum Gasteiger partial charge on any atom is -0.375 e. The largest absolute Gasteiger partial charge is 0.375 e. The van der Waals surface area contributed by atoms with Gasteiger partial charge in [-0.1, -0.05) is 0 Å². The Bertz CT molecular complexity index is 403. The molecule has 3 fully saturated rings. The first kappa shape index (κ1) is 13.1. The second-order valence-corrected chi connectivity index (χ2v) is 6.55. The molecule has 0 bridgehead atoms. The molecule has 19 heavy (non-hydrogen) atoms. The third-order valence-electron chi connectivity index (χ3n) is 4.23. The van der Waals surface area contributed by atoms with Gasteiger partial charge >= 0.3 is 0 Å². The fraction of sp³-hybridized carbons (Fsp3) is 0.857. The molecule has 2 aliphatic heterocycles. The van der Waals surface area contributed by atoms with Gasteiger partial charge in [0.25, 0.3) is 0 Å². The number of hydrogen-bond acceptors (Lipinski definition) is 4. The Morgan fingerprint density at radius 1 is 1.26 bits per heavy atom. The van der Waals surface area contributed by atoms with E-state index >= 15 is 0 Å². The number of nitrogens with zero attached hydrogens (tertiary/aromatic N) is 1. The lowest BCUT2D eigenvalue weighted by Gasteiger charge is -2.36. The molecule has 2 unspecified atom stereocenters. The lowest BCUT2D eigenvalue weighted by molar-refractivity contribution is -0.139. The van der Waals surface area contributed by atoms with E-state index in [1.807, 2.05) is 0 Å². The highest BCUT2D eigenvalue weighted by atomic mass is 16.5. The van der Waals surface area contributed by atoms with E-state index in [9.17, 15) is 9.59 Å². The number of amides is 2. The van der Waals surface area contributed by atoms with E-state index in [1.54, 1.807) is 0 Å². The molecular formula is C14H22N2O3. The Kier molecular flexibility index (Phi) is 3.14. The SMILES string of the molecule is CC1(C)CC(NC2CC(=O)N(C3CC3)C2=O)CCO1. The average molecular weight is 266 g/mol. The van der Waals surface area contributed by atoms with Crippen molar-refractivity contribution in [3.8, 4) is 0 Å². The summed E-state index contributed by atoms with van der Waals surface area (Å²) in [6.07, 6.45) is 4.08. The van der Waals surface area contributed by atoms with E-state index in [-0.39, 0.29) is 35.5 Å². The molecule has 1 aliphatic carbocycles. The molecule has 106 valence electrons. The lowest BCUT2D eigenvalue weighted by atomic mass is 9.93. The molecule has 2 saturated heterocycles. The molecule has 5 heteroatoms.